The van der Waals surface area contributed by atoms with Crippen LogP contribution in [0.4, 0.5) is 5.69 Å². The van der Waals surface area contributed by atoms with E-state index >= 15 is 0 Å². The van der Waals surface area contributed by atoms with E-state index < -0.39 is 0 Å². The summed E-state index contributed by atoms with van der Waals surface area (Å²) in [5, 5.41) is 0. The quantitative estimate of drug-likeness (QED) is 0.785. The highest BCUT2D eigenvalue weighted by molar-refractivity contribution is 5.98. The van der Waals surface area contributed by atoms with Crippen LogP contribution >= 0.6 is 0 Å². The number of amides is 1. The fourth-order valence-electron chi connectivity index (χ4n) is 2.48. The molecule has 102 valence electrons. The van der Waals surface area contributed by atoms with E-state index in [1.165, 1.54) is 0 Å². The van der Waals surface area contributed by atoms with Gasteiger partial charge in [-0.25, -0.2) is 4.79 Å². The van der Waals surface area contributed by atoms with Gasteiger partial charge in [0.05, 0.1) is 12.2 Å². The first-order valence-electron chi connectivity index (χ1n) is 6.69. The average molecular weight is 261 g/mol. The van der Waals surface area contributed by atoms with Crippen LogP contribution in [0.5, 0.6) is 0 Å². The van der Waals surface area contributed by atoms with Gasteiger partial charge in [0, 0.05) is 18.7 Å². The first kappa shape index (κ1) is 13.6. The third-order valence-corrected chi connectivity index (χ3v) is 3.44. The maximum Gasteiger partial charge on any atom is 0.338 e. The molecule has 4 heteroatoms. The Morgan fingerprint density at radius 3 is 2.68 bits per heavy atom. The van der Waals surface area contributed by atoms with Gasteiger partial charge in [-0.05, 0) is 50.5 Å². The number of fused-ring (bicyclic) bond motifs is 1. The minimum Gasteiger partial charge on any atom is -0.462 e. The Hall–Kier alpha value is -1.84. The SMILES string of the molecule is CCOC(=O)c1cc2c(cc1C)N(CC)C(=O)CC2. The van der Waals surface area contributed by atoms with Crippen molar-refractivity contribution in [1.29, 1.82) is 0 Å². The Bertz CT molecular complexity index is 522. The zero-order chi connectivity index (χ0) is 14.0. The Kier molecular flexibility index (Phi) is 3.88. The van der Waals surface area contributed by atoms with E-state index in [0.717, 1.165) is 16.8 Å². The zero-order valence-corrected chi connectivity index (χ0v) is 11.7. The first-order chi connectivity index (χ1) is 9.08. The summed E-state index contributed by atoms with van der Waals surface area (Å²) in [5.41, 5.74) is 3.44. The number of esters is 1. The van der Waals surface area contributed by atoms with E-state index in [9.17, 15) is 9.59 Å². The van der Waals surface area contributed by atoms with Crippen LogP contribution in [-0.4, -0.2) is 25.0 Å². The fourth-order valence-corrected chi connectivity index (χ4v) is 2.48. The summed E-state index contributed by atoms with van der Waals surface area (Å²) in [7, 11) is 0. The highest BCUT2D eigenvalue weighted by atomic mass is 16.5. The Morgan fingerprint density at radius 1 is 1.32 bits per heavy atom. The summed E-state index contributed by atoms with van der Waals surface area (Å²) < 4.78 is 5.05. The highest BCUT2D eigenvalue weighted by Gasteiger charge is 2.25. The summed E-state index contributed by atoms with van der Waals surface area (Å²) in [4.78, 5) is 25.5. The number of ether oxygens (including phenoxy) is 1. The van der Waals surface area contributed by atoms with E-state index in [4.69, 9.17) is 4.74 Å². The Morgan fingerprint density at radius 2 is 2.05 bits per heavy atom. The molecule has 1 amide bonds. The summed E-state index contributed by atoms with van der Waals surface area (Å²) in [5.74, 6) is -0.138. The predicted octanol–water partition coefficient (Wildman–Crippen LogP) is 2.47. The van der Waals surface area contributed by atoms with Crippen molar-refractivity contribution in [3.63, 3.8) is 0 Å². The third-order valence-electron chi connectivity index (χ3n) is 3.44. The molecular weight excluding hydrogens is 242 g/mol. The number of hydrogen-bond acceptors (Lipinski definition) is 3. The second kappa shape index (κ2) is 5.43. The van der Waals surface area contributed by atoms with Crippen molar-refractivity contribution < 1.29 is 14.3 Å². The van der Waals surface area contributed by atoms with Crippen LogP contribution < -0.4 is 4.90 Å². The molecule has 1 aliphatic heterocycles. The largest absolute Gasteiger partial charge is 0.462 e. The van der Waals surface area contributed by atoms with E-state index in [0.29, 0.717) is 31.6 Å². The van der Waals surface area contributed by atoms with Gasteiger partial charge >= 0.3 is 5.97 Å². The van der Waals surface area contributed by atoms with Crippen LogP contribution in [-0.2, 0) is 16.0 Å². The molecule has 0 radical (unpaired) electrons. The van der Waals surface area contributed by atoms with Crippen LogP contribution in [0, 0.1) is 6.92 Å². The van der Waals surface area contributed by atoms with Crippen LogP contribution in [0.25, 0.3) is 0 Å². The molecule has 4 nitrogen and oxygen atoms in total. The molecule has 0 aromatic heterocycles. The van der Waals surface area contributed by atoms with Crippen LogP contribution in [0.3, 0.4) is 0 Å². The number of nitrogens with zero attached hydrogens (tertiary/aromatic N) is 1. The van der Waals surface area contributed by atoms with Gasteiger partial charge < -0.3 is 9.64 Å². The fraction of sp³-hybridized carbons (Fsp3) is 0.467. The molecule has 0 fully saturated rings. The molecule has 1 aliphatic rings. The third kappa shape index (κ3) is 2.48. The highest BCUT2D eigenvalue weighted by Crippen LogP contribution is 2.30. The van der Waals surface area contributed by atoms with Crippen molar-refractivity contribution in [3.05, 3.63) is 28.8 Å². The van der Waals surface area contributed by atoms with Crippen molar-refractivity contribution in [2.24, 2.45) is 0 Å². The predicted molar refractivity (Wildman–Crippen MR) is 73.5 cm³/mol. The first-order valence-corrected chi connectivity index (χ1v) is 6.69. The summed E-state index contributed by atoms with van der Waals surface area (Å²) >= 11 is 0. The van der Waals surface area contributed by atoms with E-state index in [1.54, 1.807) is 11.8 Å². The molecule has 0 saturated heterocycles. The number of carbonyl (C=O) groups is 2. The molecule has 1 aromatic rings. The normalized spacial score (nSPS) is 14.3. The molecule has 0 atom stereocenters. The van der Waals surface area contributed by atoms with Gasteiger partial charge in [-0.3, -0.25) is 4.79 Å². The second-order valence-corrected chi connectivity index (χ2v) is 4.65. The van der Waals surface area contributed by atoms with Crippen LogP contribution in [0.1, 0.15) is 41.8 Å². The van der Waals surface area contributed by atoms with Gasteiger partial charge in [-0.15, -0.1) is 0 Å². The average Bonchev–Trinajstić information content (AvgIpc) is 2.38. The van der Waals surface area contributed by atoms with Gasteiger partial charge in [-0.1, -0.05) is 0 Å². The summed E-state index contributed by atoms with van der Waals surface area (Å²) in [6, 6.07) is 3.79. The molecule has 0 bridgehead atoms. The maximum atomic E-state index is 11.9. The van der Waals surface area contributed by atoms with Gasteiger partial charge in [0.2, 0.25) is 5.91 Å². The second-order valence-electron chi connectivity index (χ2n) is 4.65. The molecule has 1 aromatic carbocycles. The minimum atomic E-state index is -0.289. The number of anilines is 1. The van der Waals surface area contributed by atoms with Crippen molar-refractivity contribution in [2.75, 3.05) is 18.1 Å². The molecule has 0 aliphatic carbocycles. The van der Waals surface area contributed by atoms with E-state index in [2.05, 4.69) is 0 Å². The van der Waals surface area contributed by atoms with Crippen molar-refractivity contribution >= 4 is 17.6 Å². The molecule has 2 rings (SSSR count). The van der Waals surface area contributed by atoms with Gasteiger partial charge in [-0.2, -0.15) is 0 Å². The van der Waals surface area contributed by atoms with Crippen molar-refractivity contribution in [1.82, 2.24) is 0 Å². The topological polar surface area (TPSA) is 46.6 Å². The maximum absolute atomic E-state index is 11.9. The molecular formula is C15H19NO3. The molecule has 0 unspecified atom stereocenters. The number of rotatable bonds is 3. The lowest BCUT2D eigenvalue weighted by molar-refractivity contribution is -0.118. The minimum absolute atomic E-state index is 0.151. The summed E-state index contributed by atoms with van der Waals surface area (Å²) in [6.45, 7) is 6.66. The van der Waals surface area contributed by atoms with E-state index in [-0.39, 0.29) is 11.9 Å². The van der Waals surface area contributed by atoms with Gasteiger partial charge in [0.25, 0.3) is 0 Å². The lowest BCUT2D eigenvalue weighted by Gasteiger charge is -2.29. The number of aryl methyl sites for hydroxylation is 2. The van der Waals surface area contributed by atoms with Crippen LogP contribution in [0.15, 0.2) is 12.1 Å². The summed E-state index contributed by atoms with van der Waals surface area (Å²) in [6.07, 6.45) is 1.20. The van der Waals surface area contributed by atoms with E-state index in [1.807, 2.05) is 26.0 Å². The Labute approximate surface area is 113 Å². The molecule has 1 heterocycles. The molecule has 0 N–H and O–H groups in total. The lowest BCUT2D eigenvalue weighted by Crippen LogP contribution is -2.35. The lowest BCUT2D eigenvalue weighted by atomic mass is 9.95. The monoisotopic (exact) mass is 261 g/mol. The standard InChI is InChI=1S/C15H19NO3/c1-4-16-13-8-10(3)12(15(18)19-5-2)9-11(13)6-7-14(16)17/h8-9H,4-7H2,1-3H3. The van der Waals surface area contributed by atoms with Crippen LogP contribution in [0.2, 0.25) is 0 Å². The molecule has 19 heavy (non-hydrogen) atoms. The Balaban J connectivity index is 2.44. The smallest absolute Gasteiger partial charge is 0.338 e. The molecule has 0 saturated carbocycles. The number of benzene rings is 1. The number of carbonyl (C=O) groups excluding carboxylic acids is 2. The van der Waals surface area contributed by atoms with Crippen molar-refractivity contribution in [2.45, 2.75) is 33.6 Å². The van der Waals surface area contributed by atoms with Gasteiger partial charge in [0.15, 0.2) is 0 Å². The van der Waals surface area contributed by atoms with Gasteiger partial charge in [0.1, 0.15) is 0 Å². The number of hydrogen-bond donors (Lipinski definition) is 0. The molecule has 0 spiro atoms. The van der Waals surface area contributed by atoms with Crippen molar-refractivity contribution in [3.8, 4) is 0 Å². The zero-order valence-electron chi connectivity index (χ0n) is 11.7.